The summed E-state index contributed by atoms with van der Waals surface area (Å²) in [6, 6.07) is 9.10. The van der Waals surface area contributed by atoms with Crippen molar-refractivity contribution in [3.8, 4) is 11.3 Å². The number of nitrogens with zero attached hydrogens (tertiary/aromatic N) is 2. The molecule has 6 heteroatoms. The Morgan fingerprint density at radius 1 is 1.48 bits per heavy atom. The van der Waals surface area contributed by atoms with Crippen molar-refractivity contribution in [2.75, 3.05) is 19.0 Å². The van der Waals surface area contributed by atoms with Crippen LogP contribution in [0.2, 0.25) is 0 Å². The minimum atomic E-state index is -0.702. The van der Waals surface area contributed by atoms with Crippen LogP contribution in [0, 0.1) is 6.92 Å². The molecule has 0 aliphatic heterocycles. The standard InChI is InChI=1S/C15H20N4O2/c1-10-6-4-5-7-11(10)13-8-14(19(2)18-13)17-15(20)12(16)9-21-3/h4-8,12H,9,16H2,1-3H3,(H,17,20). The number of amides is 1. The topological polar surface area (TPSA) is 82.2 Å². The molecule has 0 radical (unpaired) electrons. The molecule has 2 rings (SSSR count). The lowest BCUT2D eigenvalue weighted by Gasteiger charge is -2.10. The largest absolute Gasteiger partial charge is 0.383 e. The number of carbonyl (C=O) groups is 1. The molecule has 0 saturated heterocycles. The summed E-state index contributed by atoms with van der Waals surface area (Å²) in [5, 5.41) is 7.19. The third-order valence-electron chi connectivity index (χ3n) is 3.24. The van der Waals surface area contributed by atoms with Gasteiger partial charge in [-0.15, -0.1) is 0 Å². The summed E-state index contributed by atoms with van der Waals surface area (Å²) in [6.45, 7) is 2.20. The van der Waals surface area contributed by atoms with E-state index in [9.17, 15) is 4.79 Å². The first-order chi connectivity index (χ1) is 10.0. The molecule has 112 valence electrons. The summed E-state index contributed by atoms with van der Waals surface area (Å²) in [7, 11) is 3.28. The Bertz CT molecular complexity index is 636. The summed E-state index contributed by atoms with van der Waals surface area (Å²) >= 11 is 0. The first-order valence-corrected chi connectivity index (χ1v) is 6.68. The molecule has 0 aliphatic rings. The maximum Gasteiger partial charge on any atom is 0.244 e. The molecule has 1 unspecified atom stereocenters. The molecule has 1 atom stereocenters. The molecule has 3 N–H and O–H groups in total. The Kier molecular flexibility index (Phi) is 4.72. The van der Waals surface area contributed by atoms with E-state index in [4.69, 9.17) is 10.5 Å². The normalized spacial score (nSPS) is 12.2. The van der Waals surface area contributed by atoms with Gasteiger partial charge in [0.15, 0.2) is 0 Å². The van der Waals surface area contributed by atoms with Crippen molar-refractivity contribution in [3.63, 3.8) is 0 Å². The second-order valence-electron chi connectivity index (χ2n) is 4.90. The van der Waals surface area contributed by atoms with Gasteiger partial charge in [0.2, 0.25) is 5.91 Å². The summed E-state index contributed by atoms with van der Waals surface area (Å²) < 4.78 is 6.50. The maximum atomic E-state index is 11.9. The maximum absolute atomic E-state index is 11.9. The summed E-state index contributed by atoms with van der Waals surface area (Å²) in [4.78, 5) is 11.9. The summed E-state index contributed by atoms with van der Waals surface area (Å²) in [5.74, 6) is 0.306. The zero-order valence-corrected chi connectivity index (χ0v) is 12.5. The van der Waals surface area contributed by atoms with E-state index in [1.807, 2.05) is 37.3 Å². The van der Waals surface area contributed by atoms with Crippen LogP contribution in [0.3, 0.4) is 0 Å². The van der Waals surface area contributed by atoms with Gasteiger partial charge in [-0.3, -0.25) is 9.48 Å². The van der Waals surface area contributed by atoms with Crippen molar-refractivity contribution < 1.29 is 9.53 Å². The van der Waals surface area contributed by atoms with Gasteiger partial charge < -0.3 is 15.8 Å². The van der Waals surface area contributed by atoms with Crippen LogP contribution in [0.25, 0.3) is 11.3 Å². The van der Waals surface area contributed by atoms with Crippen molar-refractivity contribution in [2.45, 2.75) is 13.0 Å². The minimum absolute atomic E-state index is 0.175. The third-order valence-corrected chi connectivity index (χ3v) is 3.24. The van der Waals surface area contributed by atoms with Crippen LogP contribution in [0.1, 0.15) is 5.56 Å². The van der Waals surface area contributed by atoms with Gasteiger partial charge in [-0.25, -0.2) is 0 Å². The molecule has 1 aromatic carbocycles. The molecule has 6 nitrogen and oxygen atoms in total. The molecule has 0 spiro atoms. The van der Waals surface area contributed by atoms with Crippen LogP contribution < -0.4 is 11.1 Å². The van der Waals surface area contributed by atoms with E-state index in [2.05, 4.69) is 10.4 Å². The molecule has 0 bridgehead atoms. The second kappa shape index (κ2) is 6.51. The van der Waals surface area contributed by atoms with Gasteiger partial charge >= 0.3 is 0 Å². The zero-order valence-electron chi connectivity index (χ0n) is 12.5. The van der Waals surface area contributed by atoms with E-state index in [0.29, 0.717) is 5.82 Å². The van der Waals surface area contributed by atoms with Crippen molar-refractivity contribution >= 4 is 11.7 Å². The lowest BCUT2D eigenvalue weighted by atomic mass is 10.1. The van der Waals surface area contributed by atoms with E-state index in [-0.39, 0.29) is 12.5 Å². The van der Waals surface area contributed by atoms with Gasteiger partial charge in [0.05, 0.1) is 12.3 Å². The number of hydrogen-bond donors (Lipinski definition) is 2. The van der Waals surface area contributed by atoms with Gasteiger partial charge in [-0.05, 0) is 12.5 Å². The van der Waals surface area contributed by atoms with E-state index in [1.54, 1.807) is 11.7 Å². The molecule has 1 amide bonds. The smallest absolute Gasteiger partial charge is 0.244 e. The predicted octanol–water partition coefficient (Wildman–Crippen LogP) is 1.31. The highest BCUT2D eigenvalue weighted by molar-refractivity contribution is 5.94. The third kappa shape index (κ3) is 3.48. The van der Waals surface area contributed by atoms with E-state index in [1.165, 1.54) is 7.11 Å². The minimum Gasteiger partial charge on any atom is -0.383 e. The van der Waals surface area contributed by atoms with Gasteiger partial charge in [0, 0.05) is 25.8 Å². The first-order valence-electron chi connectivity index (χ1n) is 6.68. The molecule has 0 saturated carbocycles. The van der Waals surface area contributed by atoms with Gasteiger partial charge in [-0.1, -0.05) is 24.3 Å². The number of hydrogen-bond acceptors (Lipinski definition) is 4. The number of ether oxygens (including phenoxy) is 1. The average Bonchev–Trinajstić information content (AvgIpc) is 2.80. The van der Waals surface area contributed by atoms with Crippen LogP contribution in [0.4, 0.5) is 5.82 Å². The quantitative estimate of drug-likeness (QED) is 0.869. The fraction of sp³-hybridized carbons (Fsp3) is 0.333. The summed E-state index contributed by atoms with van der Waals surface area (Å²) in [5.41, 5.74) is 8.68. The predicted molar refractivity (Wildman–Crippen MR) is 81.9 cm³/mol. The van der Waals surface area contributed by atoms with Crippen LogP contribution in [-0.2, 0) is 16.6 Å². The molecule has 1 heterocycles. The molecule has 2 aromatic rings. The monoisotopic (exact) mass is 288 g/mol. The Morgan fingerprint density at radius 3 is 2.86 bits per heavy atom. The number of nitrogens with one attached hydrogen (secondary N) is 1. The molecular weight excluding hydrogens is 268 g/mol. The van der Waals surface area contributed by atoms with Crippen molar-refractivity contribution in [1.82, 2.24) is 9.78 Å². The van der Waals surface area contributed by atoms with Crippen LogP contribution >= 0.6 is 0 Å². The molecular formula is C15H20N4O2. The lowest BCUT2D eigenvalue weighted by Crippen LogP contribution is -2.39. The van der Waals surface area contributed by atoms with Gasteiger partial charge in [0.1, 0.15) is 11.9 Å². The van der Waals surface area contributed by atoms with Crippen molar-refractivity contribution in [3.05, 3.63) is 35.9 Å². The van der Waals surface area contributed by atoms with Crippen molar-refractivity contribution in [1.29, 1.82) is 0 Å². The number of benzene rings is 1. The molecule has 1 aromatic heterocycles. The number of aryl methyl sites for hydroxylation is 2. The Morgan fingerprint density at radius 2 is 2.19 bits per heavy atom. The average molecular weight is 288 g/mol. The van der Waals surface area contributed by atoms with Crippen LogP contribution in [-0.4, -0.2) is 35.4 Å². The number of nitrogens with two attached hydrogens (primary N) is 1. The zero-order chi connectivity index (χ0) is 15.4. The molecule has 0 fully saturated rings. The van der Waals surface area contributed by atoms with E-state index >= 15 is 0 Å². The fourth-order valence-corrected chi connectivity index (χ4v) is 2.05. The number of aromatic nitrogens is 2. The van der Waals surface area contributed by atoms with E-state index in [0.717, 1.165) is 16.8 Å². The van der Waals surface area contributed by atoms with Gasteiger partial charge in [-0.2, -0.15) is 5.10 Å². The number of anilines is 1. The Labute approximate surface area is 123 Å². The first kappa shape index (κ1) is 15.2. The van der Waals surface area contributed by atoms with Gasteiger partial charge in [0.25, 0.3) is 0 Å². The highest BCUT2D eigenvalue weighted by atomic mass is 16.5. The highest BCUT2D eigenvalue weighted by Crippen LogP contribution is 2.24. The molecule has 0 aliphatic carbocycles. The fourth-order valence-electron chi connectivity index (χ4n) is 2.05. The van der Waals surface area contributed by atoms with Crippen molar-refractivity contribution in [2.24, 2.45) is 12.8 Å². The number of carbonyl (C=O) groups excluding carboxylic acids is 1. The van der Waals surface area contributed by atoms with Crippen LogP contribution in [0.5, 0.6) is 0 Å². The number of rotatable bonds is 5. The number of methoxy groups -OCH3 is 1. The highest BCUT2D eigenvalue weighted by Gasteiger charge is 2.16. The van der Waals surface area contributed by atoms with E-state index < -0.39 is 6.04 Å². The Hall–Kier alpha value is -2.18. The second-order valence-corrected chi connectivity index (χ2v) is 4.90. The Balaban J connectivity index is 2.20. The van der Waals surface area contributed by atoms with Crippen LogP contribution in [0.15, 0.2) is 30.3 Å². The molecule has 21 heavy (non-hydrogen) atoms. The SMILES string of the molecule is COCC(N)C(=O)Nc1cc(-c2ccccc2C)nn1C. The summed E-state index contributed by atoms with van der Waals surface area (Å²) in [6.07, 6.45) is 0. The lowest BCUT2D eigenvalue weighted by molar-refractivity contribution is -0.118.